The second kappa shape index (κ2) is 6.94. The van der Waals surface area contributed by atoms with E-state index < -0.39 is 11.9 Å². The topological polar surface area (TPSA) is 130 Å². The molecule has 4 aromatic rings. The maximum atomic E-state index is 13.7. The Morgan fingerprint density at radius 3 is 2.77 bits per heavy atom. The summed E-state index contributed by atoms with van der Waals surface area (Å²) < 4.78 is 16.9. The van der Waals surface area contributed by atoms with Crippen molar-refractivity contribution in [3.63, 3.8) is 0 Å². The fraction of sp³-hybridized carbons (Fsp3) is 0.316. The highest BCUT2D eigenvalue weighted by molar-refractivity contribution is 5.72. The molecule has 1 aliphatic carbocycles. The highest BCUT2D eigenvalue weighted by Crippen LogP contribution is 2.30. The van der Waals surface area contributed by atoms with Crippen LogP contribution in [0.5, 0.6) is 0 Å². The highest BCUT2D eigenvalue weighted by Gasteiger charge is 2.26. The Bertz CT molecular complexity index is 1320. The van der Waals surface area contributed by atoms with E-state index in [0.717, 1.165) is 0 Å². The van der Waals surface area contributed by atoms with Crippen LogP contribution in [0.1, 0.15) is 31.7 Å². The van der Waals surface area contributed by atoms with Gasteiger partial charge in [0, 0.05) is 18.3 Å². The second-order valence-electron chi connectivity index (χ2n) is 7.40. The predicted octanol–water partition coefficient (Wildman–Crippen LogP) is 2.32. The van der Waals surface area contributed by atoms with Gasteiger partial charge in [0.15, 0.2) is 11.5 Å². The van der Waals surface area contributed by atoms with Crippen molar-refractivity contribution in [2.24, 2.45) is 0 Å². The first-order valence-electron chi connectivity index (χ1n) is 9.59. The SMILES string of the molecule is O=C(O)N[C@H]1CC[C@H](n2c(=O)[nH]c3cnc(-c4cnc5ccc(F)cn45)nc32)CC1. The summed E-state index contributed by atoms with van der Waals surface area (Å²) in [6.07, 6.45) is 5.95. The number of hydrogen-bond acceptors (Lipinski definition) is 5. The number of aromatic nitrogens is 6. The van der Waals surface area contributed by atoms with Crippen LogP contribution in [0.3, 0.4) is 0 Å². The monoisotopic (exact) mass is 411 g/mol. The molecule has 0 aromatic carbocycles. The number of nitrogens with one attached hydrogen (secondary N) is 2. The third kappa shape index (κ3) is 3.08. The summed E-state index contributed by atoms with van der Waals surface area (Å²) in [7, 11) is 0. The number of hydrogen-bond donors (Lipinski definition) is 3. The van der Waals surface area contributed by atoms with E-state index in [9.17, 15) is 14.0 Å². The number of amides is 1. The number of nitrogens with zero attached hydrogens (tertiary/aromatic N) is 5. The first-order valence-corrected chi connectivity index (χ1v) is 9.59. The van der Waals surface area contributed by atoms with E-state index in [-0.39, 0.29) is 17.8 Å². The Hall–Kier alpha value is -3.76. The van der Waals surface area contributed by atoms with Gasteiger partial charge in [-0.15, -0.1) is 0 Å². The molecule has 11 heteroatoms. The average molecular weight is 411 g/mol. The van der Waals surface area contributed by atoms with Crippen molar-refractivity contribution in [2.45, 2.75) is 37.8 Å². The van der Waals surface area contributed by atoms with Crippen molar-refractivity contribution in [3.8, 4) is 11.5 Å². The predicted molar refractivity (Wildman–Crippen MR) is 105 cm³/mol. The number of carboxylic acid groups (broad SMARTS) is 1. The first-order chi connectivity index (χ1) is 14.5. The third-order valence-corrected chi connectivity index (χ3v) is 5.55. The van der Waals surface area contributed by atoms with Crippen LogP contribution in [0, 0.1) is 5.82 Å². The minimum atomic E-state index is -1.04. The van der Waals surface area contributed by atoms with E-state index in [2.05, 4.69) is 25.3 Å². The third-order valence-electron chi connectivity index (χ3n) is 5.55. The molecule has 1 aliphatic rings. The average Bonchev–Trinajstić information content (AvgIpc) is 3.27. The van der Waals surface area contributed by atoms with Crippen molar-refractivity contribution in [3.05, 3.63) is 47.0 Å². The van der Waals surface area contributed by atoms with Gasteiger partial charge in [-0.05, 0) is 37.8 Å². The Balaban J connectivity index is 1.53. The number of pyridine rings is 1. The molecule has 3 N–H and O–H groups in total. The highest BCUT2D eigenvalue weighted by atomic mass is 19.1. The van der Waals surface area contributed by atoms with Gasteiger partial charge in [-0.2, -0.15) is 0 Å². The molecule has 0 aliphatic heterocycles. The molecule has 154 valence electrons. The first kappa shape index (κ1) is 18.3. The number of halogens is 1. The van der Waals surface area contributed by atoms with Crippen molar-refractivity contribution in [1.29, 1.82) is 0 Å². The molecule has 4 aromatic heterocycles. The van der Waals surface area contributed by atoms with Crippen LogP contribution in [0.25, 0.3) is 28.3 Å². The van der Waals surface area contributed by atoms with Gasteiger partial charge in [-0.25, -0.2) is 28.9 Å². The van der Waals surface area contributed by atoms with E-state index >= 15 is 0 Å². The number of H-pyrrole nitrogens is 1. The molecule has 1 amide bonds. The van der Waals surface area contributed by atoms with Crippen LogP contribution in [0.2, 0.25) is 0 Å². The zero-order valence-corrected chi connectivity index (χ0v) is 15.7. The van der Waals surface area contributed by atoms with Crippen molar-refractivity contribution in [1.82, 2.24) is 34.2 Å². The van der Waals surface area contributed by atoms with Gasteiger partial charge < -0.3 is 15.4 Å². The lowest BCUT2D eigenvalue weighted by molar-refractivity contribution is 0.182. The molecule has 1 saturated carbocycles. The number of fused-ring (bicyclic) bond motifs is 2. The maximum absolute atomic E-state index is 13.7. The van der Waals surface area contributed by atoms with Crippen molar-refractivity contribution in [2.75, 3.05) is 0 Å². The zero-order chi connectivity index (χ0) is 20.8. The van der Waals surface area contributed by atoms with Crippen LogP contribution >= 0.6 is 0 Å². The van der Waals surface area contributed by atoms with E-state index in [1.165, 1.54) is 18.5 Å². The van der Waals surface area contributed by atoms with Crippen LogP contribution in [-0.2, 0) is 0 Å². The number of carbonyl (C=O) groups is 1. The fourth-order valence-electron chi connectivity index (χ4n) is 4.15. The molecule has 0 radical (unpaired) electrons. The summed E-state index contributed by atoms with van der Waals surface area (Å²) in [4.78, 5) is 39.4. The lowest BCUT2D eigenvalue weighted by atomic mass is 9.91. The van der Waals surface area contributed by atoms with Gasteiger partial charge in [0.2, 0.25) is 0 Å². The second-order valence-corrected chi connectivity index (χ2v) is 7.40. The van der Waals surface area contributed by atoms with Gasteiger partial charge in [0.25, 0.3) is 0 Å². The number of rotatable bonds is 3. The molecular formula is C19H18FN7O3. The number of imidazole rings is 2. The Labute approximate surface area is 168 Å². The van der Waals surface area contributed by atoms with Gasteiger partial charge in [-0.3, -0.25) is 8.97 Å². The smallest absolute Gasteiger partial charge is 0.404 e. The molecule has 0 spiro atoms. The van der Waals surface area contributed by atoms with Crippen LogP contribution < -0.4 is 11.0 Å². The van der Waals surface area contributed by atoms with Crippen LogP contribution in [-0.4, -0.2) is 46.1 Å². The molecule has 0 atom stereocenters. The summed E-state index contributed by atoms with van der Waals surface area (Å²) in [5.74, 6) is -0.0808. The van der Waals surface area contributed by atoms with E-state index in [0.29, 0.717) is 54.0 Å². The summed E-state index contributed by atoms with van der Waals surface area (Å²) in [6, 6.07) is 2.68. The van der Waals surface area contributed by atoms with Crippen LogP contribution in [0.15, 0.2) is 35.5 Å². The van der Waals surface area contributed by atoms with Crippen LogP contribution in [0.4, 0.5) is 9.18 Å². The molecule has 1 fully saturated rings. The largest absolute Gasteiger partial charge is 0.465 e. The number of aromatic amines is 1. The molecule has 5 rings (SSSR count). The summed E-state index contributed by atoms with van der Waals surface area (Å²) >= 11 is 0. The quantitative estimate of drug-likeness (QED) is 0.474. The van der Waals surface area contributed by atoms with Crippen molar-refractivity contribution < 1.29 is 14.3 Å². The molecule has 10 nitrogen and oxygen atoms in total. The Morgan fingerprint density at radius 1 is 1.20 bits per heavy atom. The Kier molecular flexibility index (Phi) is 4.23. The Morgan fingerprint density at radius 2 is 2.00 bits per heavy atom. The van der Waals surface area contributed by atoms with Gasteiger partial charge >= 0.3 is 11.8 Å². The van der Waals surface area contributed by atoms with E-state index in [1.807, 2.05) is 0 Å². The summed E-state index contributed by atoms with van der Waals surface area (Å²) in [6.45, 7) is 0. The van der Waals surface area contributed by atoms with E-state index in [4.69, 9.17) is 5.11 Å². The van der Waals surface area contributed by atoms with Gasteiger partial charge in [0.05, 0.1) is 12.4 Å². The molecule has 30 heavy (non-hydrogen) atoms. The maximum Gasteiger partial charge on any atom is 0.404 e. The lowest BCUT2D eigenvalue weighted by Gasteiger charge is -2.28. The lowest BCUT2D eigenvalue weighted by Crippen LogP contribution is -2.38. The van der Waals surface area contributed by atoms with E-state index in [1.54, 1.807) is 21.2 Å². The molecule has 4 heterocycles. The minimum absolute atomic E-state index is 0.0968. The van der Waals surface area contributed by atoms with Gasteiger partial charge in [0.1, 0.15) is 22.7 Å². The molecule has 0 unspecified atom stereocenters. The minimum Gasteiger partial charge on any atom is -0.465 e. The summed E-state index contributed by atoms with van der Waals surface area (Å²) in [5, 5.41) is 11.4. The van der Waals surface area contributed by atoms with Crippen molar-refractivity contribution >= 4 is 22.9 Å². The fourth-order valence-corrected chi connectivity index (χ4v) is 4.15. The van der Waals surface area contributed by atoms with Gasteiger partial charge in [-0.1, -0.05) is 0 Å². The summed E-state index contributed by atoms with van der Waals surface area (Å²) in [5.41, 5.74) is 1.77. The molecular weight excluding hydrogens is 393 g/mol. The standard InChI is InChI=1S/C19H18FN7O3/c20-10-1-6-15-21-8-14(26(15)9-10)16-22-7-13-17(25-16)27(18(28)24-13)12-4-2-11(3-5-12)23-19(29)30/h1,6-9,11-12,23H,2-5H2,(H,24,28)(H,29,30)/t11-,12-. The molecule has 0 saturated heterocycles. The zero-order valence-electron chi connectivity index (χ0n) is 15.7. The normalized spacial score (nSPS) is 19.4. The molecule has 0 bridgehead atoms.